The first-order chi connectivity index (χ1) is 24.5. The van der Waals surface area contributed by atoms with Gasteiger partial charge in [0.2, 0.25) is 5.91 Å². The molecule has 1 amide bonds. The van der Waals surface area contributed by atoms with Gasteiger partial charge in [-0.15, -0.1) is 0 Å². The van der Waals surface area contributed by atoms with Crippen molar-refractivity contribution in [1.29, 1.82) is 0 Å². The Labute approximate surface area is 316 Å². The Hall–Kier alpha value is -0.760. The average molecular weight is 745 g/mol. The lowest BCUT2D eigenvalue weighted by Gasteiger charge is -2.30. The third kappa shape index (κ3) is 37.4. The number of hydrogen-bond acceptors (Lipinski definition) is 6. The highest BCUT2D eigenvalue weighted by Crippen LogP contribution is 2.38. The van der Waals surface area contributed by atoms with Gasteiger partial charge in [0.25, 0.3) is 7.82 Å². The predicted octanol–water partition coefficient (Wildman–Crippen LogP) is 10.9. The van der Waals surface area contributed by atoms with E-state index in [0.29, 0.717) is 23.9 Å². The van der Waals surface area contributed by atoms with E-state index in [1.165, 1.54) is 128 Å². The summed E-state index contributed by atoms with van der Waals surface area (Å²) in [5, 5.41) is 13.8. The van der Waals surface area contributed by atoms with E-state index in [9.17, 15) is 19.4 Å². The number of rotatable bonds is 39. The van der Waals surface area contributed by atoms with Gasteiger partial charge in [-0.3, -0.25) is 9.36 Å². The van der Waals surface area contributed by atoms with Gasteiger partial charge >= 0.3 is 0 Å². The zero-order chi connectivity index (χ0) is 37.9. The van der Waals surface area contributed by atoms with Gasteiger partial charge in [0.1, 0.15) is 13.2 Å². The lowest BCUT2D eigenvalue weighted by Crippen LogP contribution is -2.46. The number of nitrogens with one attached hydrogen (secondary N) is 1. The number of quaternary nitrogens is 1. The minimum Gasteiger partial charge on any atom is -0.756 e. The fourth-order valence-electron chi connectivity index (χ4n) is 6.27. The summed E-state index contributed by atoms with van der Waals surface area (Å²) < 4.78 is 23.2. The normalized spacial score (nSPS) is 14.6. The summed E-state index contributed by atoms with van der Waals surface area (Å²) in [4.78, 5) is 25.2. The van der Waals surface area contributed by atoms with Crippen LogP contribution in [0.5, 0.6) is 0 Å². The van der Waals surface area contributed by atoms with Crippen LogP contribution >= 0.6 is 7.82 Å². The fraction of sp³-hybridized carbons (Fsp3) is 0.929. The topological polar surface area (TPSA) is 108 Å². The van der Waals surface area contributed by atoms with Gasteiger partial charge in [0, 0.05) is 6.42 Å². The summed E-state index contributed by atoms with van der Waals surface area (Å²) in [5.74, 6) is -0.173. The predicted molar refractivity (Wildman–Crippen MR) is 215 cm³/mol. The van der Waals surface area contributed by atoms with Crippen molar-refractivity contribution in [2.24, 2.45) is 0 Å². The highest BCUT2D eigenvalue weighted by Gasteiger charge is 2.24. The molecule has 0 saturated heterocycles. The maximum absolute atomic E-state index is 12.8. The van der Waals surface area contributed by atoms with E-state index in [1.807, 2.05) is 21.1 Å². The molecule has 2 N–H and O–H groups in total. The molecule has 0 aromatic heterocycles. The van der Waals surface area contributed by atoms with Crippen molar-refractivity contribution in [2.45, 2.75) is 212 Å². The average Bonchev–Trinajstić information content (AvgIpc) is 3.07. The number of carbonyl (C=O) groups excluding carboxylic acids is 1. The van der Waals surface area contributed by atoms with Crippen LogP contribution in [0.3, 0.4) is 0 Å². The first kappa shape index (κ1) is 50.2. The van der Waals surface area contributed by atoms with Crippen LogP contribution in [0.4, 0.5) is 0 Å². The Bertz CT molecular complexity index is 850. The molecule has 0 fully saturated rings. The number of phosphoric acid groups is 1. The Kier molecular flexibility index (Phi) is 34.5. The molecule has 0 heterocycles. The number of allylic oxidation sites excluding steroid dienone is 2. The molecule has 3 atom stereocenters. The van der Waals surface area contributed by atoms with E-state index in [4.69, 9.17) is 9.05 Å². The minimum atomic E-state index is -4.56. The quantitative estimate of drug-likeness (QED) is 0.0281. The lowest BCUT2D eigenvalue weighted by molar-refractivity contribution is -0.870. The van der Waals surface area contributed by atoms with Crippen LogP contribution in [0, 0.1) is 0 Å². The minimum absolute atomic E-state index is 0.00940. The maximum atomic E-state index is 12.8. The van der Waals surface area contributed by atoms with Crippen LogP contribution in [0.25, 0.3) is 0 Å². The largest absolute Gasteiger partial charge is 0.756 e. The van der Waals surface area contributed by atoms with E-state index in [-0.39, 0.29) is 19.1 Å². The molecule has 0 aliphatic rings. The molecule has 51 heavy (non-hydrogen) atoms. The van der Waals surface area contributed by atoms with Gasteiger partial charge < -0.3 is 28.8 Å². The van der Waals surface area contributed by atoms with Gasteiger partial charge in [-0.2, -0.15) is 0 Å². The number of unbranched alkanes of at least 4 members (excludes halogenated alkanes) is 24. The number of aliphatic hydroxyl groups is 1. The van der Waals surface area contributed by atoms with Gasteiger partial charge in [-0.05, 0) is 38.5 Å². The van der Waals surface area contributed by atoms with Crippen LogP contribution in [0.1, 0.15) is 200 Å². The summed E-state index contributed by atoms with van der Waals surface area (Å²) in [6.45, 7) is 4.68. The van der Waals surface area contributed by atoms with E-state index >= 15 is 0 Å². The zero-order valence-electron chi connectivity index (χ0n) is 34.3. The molecule has 0 spiro atoms. The van der Waals surface area contributed by atoms with Gasteiger partial charge in [0.15, 0.2) is 0 Å². The standard InChI is InChI=1S/C42H85N2O6P/c1-6-8-10-12-14-16-18-19-20-21-22-23-24-26-28-30-32-34-36-42(46)43-40(39-50-51(47,48)49-38-37-44(3,4)5)41(45)35-33-31-29-27-25-17-15-13-11-9-7-2/h25,27,40-41,45H,6-24,26,28-39H2,1-5H3,(H-,43,46,47,48)/b27-25+/t40-,41+/m0/s1. The smallest absolute Gasteiger partial charge is 0.268 e. The van der Waals surface area contributed by atoms with Gasteiger partial charge in [0.05, 0.1) is 39.9 Å². The molecule has 0 aromatic rings. The van der Waals surface area contributed by atoms with Crippen molar-refractivity contribution in [3.05, 3.63) is 12.2 Å². The van der Waals surface area contributed by atoms with E-state index in [2.05, 4.69) is 31.3 Å². The number of hydrogen-bond donors (Lipinski definition) is 2. The second-order valence-electron chi connectivity index (χ2n) is 16.1. The second kappa shape index (κ2) is 35.0. The molecule has 8 nitrogen and oxygen atoms in total. The molecule has 1 unspecified atom stereocenters. The Morgan fingerprint density at radius 3 is 1.53 bits per heavy atom. The van der Waals surface area contributed by atoms with Crippen molar-refractivity contribution in [3.63, 3.8) is 0 Å². The van der Waals surface area contributed by atoms with Crippen molar-refractivity contribution in [1.82, 2.24) is 5.32 Å². The maximum Gasteiger partial charge on any atom is 0.268 e. The van der Waals surface area contributed by atoms with Crippen LogP contribution in [0.2, 0.25) is 0 Å². The van der Waals surface area contributed by atoms with Gasteiger partial charge in [-0.1, -0.05) is 167 Å². The zero-order valence-corrected chi connectivity index (χ0v) is 35.2. The molecule has 9 heteroatoms. The van der Waals surface area contributed by atoms with Crippen LogP contribution in [0.15, 0.2) is 12.2 Å². The molecule has 0 aromatic carbocycles. The molecular formula is C42H85N2O6P. The molecule has 0 bridgehead atoms. The molecular weight excluding hydrogens is 659 g/mol. The molecule has 0 saturated carbocycles. The number of likely N-dealkylation sites (N-methyl/N-ethyl adjacent to an activating group) is 1. The highest BCUT2D eigenvalue weighted by atomic mass is 31.2. The molecule has 304 valence electrons. The Morgan fingerprint density at radius 1 is 0.667 bits per heavy atom. The fourth-order valence-corrected chi connectivity index (χ4v) is 6.99. The molecule has 0 rings (SSSR count). The summed E-state index contributed by atoms with van der Waals surface area (Å²) >= 11 is 0. The molecule has 0 aliphatic heterocycles. The third-order valence-electron chi connectivity index (χ3n) is 9.75. The number of phosphoric ester groups is 1. The van der Waals surface area contributed by atoms with E-state index < -0.39 is 20.0 Å². The SMILES string of the molecule is CCCCCCC/C=C/CCCC[C@@H](O)[C@H](COP(=O)([O-])OCC[N+](C)(C)C)NC(=O)CCCCCCCCCCCCCCCCCCCC. The highest BCUT2D eigenvalue weighted by molar-refractivity contribution is 7.45. The van der Waals surface area contributed by atoms with Gasteiger partial charge in [-0.25, -0.2) is 0 Å². The second-order valence-corrected chi connectivity index (χ2v) is 17.5. The van der Waals surface area contributed by atoms with Crippen molar-refractivity contribution < 1.29 is 32.9 Å². The van der Waals surface area contributed by atoms with Crippen molar-refractivity contribution in [3.8, 4) is 0 Å². The van der Waals surface area contributed by atoms with Crippen LogP contribution < -0.4 is 10.2 Å². The number of aliphatic hydroxyl groups excluding tert-OH is 1. The summed E-state index contributed by atoms with van der Waals surface area (Å²) in [7, 11) is 1.29. The first-order valence-corrected chi connectivity index (χ1v) is 23.0. The Morgan fingerprint density at radius 2 is 1.08 bits per heavy atom. The number of nitrogens with zero attached hydrogens (tertiary/aromatic N) is 1. The monoisotopic (exact) mass is 745 g/mol. The van der Waals surface area contributed by atoms with E-state index in [1.54, 1.807) is 0 Å². The number of amides is 1. The number of carbonyl (C=O) groups is 1. The van der Waals surface area contributed by atoms with Crippen LogP contribution in [-0.2, 0) is 18.4 Å². The Balaban J connectivity index is 4.33. The lowest BCUT2D eigenvalue weighted by atomic mass is 10.0. The van der Waals surface area contributed by atoms with Crippen LogP contribution in [-0.4, -0.2) is 68.5 Å². The molecule has 0 radical (unpaired) electrons. The summed E-state index contributed by atoms with van der Waals surface area (Å²) in [5.41, 5.74) is 0. The summed E-state index contributed by atoms with van der Waals surface area (Å²) in [6, 6.07) is -0.809. The first-order valence-electron chi connectivity index (χ1n) is 21.5. The van der Waals surface area contributed by atoms with E-state index in [0.717, 1.165) is 44.9 Å². The molecule has 0 aliphatic carbocycles. The van der Waals surface area contributed by atoms with Crippen molar-refractivity contribution >= 4 is 13.7 Å². The van der Waals surface area contributed by atoms with Crippen molar-refractivity contribution in [2.75, 3.05) is 40.9 Å². The summed E-state index contributed by atoms with van der Waals surface area (Å²) in [6.07, 6.45) is 37.9. The third-order valence-corrected chi connectivity index (χ3v) is 10.7.